The predicted octanol–water partition coefficient (Wildman–Crippen LogP) is -3.86. The molecule has 6 N–H and O–H groups in total. The Kier molecular flexibility index (Phi) is 3.78. The summed E-state index contributed by atoms with van der Waals surface area (Å²) in [5.74, 6) is 0. The number of aliphatic hydroxyl groups is 6. The Labute approximate surface area is 79.8 Å². The number of hydrogen-bond acceptors (Lipinski definition) is 7. The van der Waals surface area contributed by atoms with Crippen LogP contribution < -0.4 is 0 Å². The van der Waals surface area contributed by atoms with Gasteiger partial charge in [-0.1, -0.05) is 0 Å². The second kappa shape index (κ2) is 4.49. The Morgan fingerprint density at radius 3 is 2.07 bits per heavy atom. The highest BCUT2D eigenvalue weighted by atomic mass is 16.6. The summed E-state index contributed by atoms with van der Waals surface area (Å²) in [4.78, 5) is 0. The molecular weight excluding hydrogens is 196 g/mol. The van der Waals surface area contributed by atoms with Gasteiger partial charge in [0.15, 0.2) is 6.29 Å². The third-order valence-corrected chi connectivity index (χ3v) is 2.19. The molecule has 0 aliphatic carbocycles. The molecule has 1 aliphatic rings. The van der Waals surface area contributed by atoms with Crippen molar-refractivity contribution >= 4 is 0 Å². The fraction of sp³-hybridized carbons (Fsp3) is 1.00. The standard InChI is InChI=1S/C7H14O7/c8-1-2(9)6-4(11)3(10)5(12)7(13)14-6/h2-13H,1H2/t2-,3+,4+,5?,6?,7-/m1/s1. The van der Waals surface area contributed by atoms with Gasteiger partial charge in [-0.05, 0) is 0 Å². The molecule has 7 nitrogen and oxygen atoms in total. The molecule has 0 saturated carbocycles. The fourth-order valence-electron chi connectivity index (χ4n) is 1.31. The zero-order valence-electron chi connectivity index (χ0n) is 7.26. The van der Waals surface area contributed by atoms with Crippen molar-refractivity contribution < 1.29 is 35.4 Å². The van der Waals surface area contributed by atoms with Crippen LogP contribution in [0.15, 0.2) is 0 Å². The van der Waals surface area contributed by atoms with Crippen LogP contribution in [-0.2, 0) is 4.74 Å². The number of hydrogen-bond donors (Lipinski definition) is 6. The highest BCUT2D eigenvalue weighted by Crippen LogP contribution is 2.21. The van der Waals surface area contributed by atoms with E-state index in [0.29, 0.717) is 0 Å². The highest BCUT2D eigenvalue weighted by molar-refractivity contribution is 4.91. The first kappa shape index (κ1) is 11.8. The lowest BCUT2D eigenvalue weighted by Crippen LogP contribution is -2.61. The first-order chi connectivity index (χ1) is 6.49. The maximum atomic E-state index is 9.31. The molecule has 84 valence electrons. The van der Waals surface area contributed by atoms with Gasteiger partial charge >= 0.3 is 0 Å². The Hall–Kier alpha value is -0.280. The van der Waals surface area contributed by atoms with Gasteiger partial charge in [0.1, 0.15) is 30.5 Å². The summed E-state index contributed by atoms with van der Waals surface area (Å²) in [7, 11) is 0. The molecule has 0 spiro atoms. The van der Waals surface area contributed by atoms with Crippen LogP contribution in [0.5, 0.6) is 0 Å². The first-order valence-corrected chi connectivity index (χ1v) is 4.15. The lowest BCUT2D eigenvalue weighted by Gasteiger charge is -2.39. The summed E-state index contributed by atoms with van der Waals surface area (Å²) >= 11 is 0. The molecule has 6 atom stereocenters. The van der Waals surface area contributed by atoms with Gasteiger partial charge in [-0.25, -0.2) is 0 Å². The summed E-state index contributed by atoms with van der Waals surface area (Å²) in [6.45, 7) is -0.683. The van der Waals surface area contributed by atoms with Crippen molar-refractivity contribution in [2.75, 3.05) is 6.61 Å². The molecule has 1 saturated heterocycles. The average Bonchev–Trinajstić information content (AvgIpc) is 2.19. The second-order valence-electron chi connectivity index (χ2n) is 3.21. The minimum Gasteiger partial charge on any atom is -0.394 e. The number of ether oxygens (including phenoxy) is 1. The molecule has 14 heavy (non-hydrogen) atoms. The van der Waals surface area contributed by atoms with Gasteiger partial charge < -0.3 is 35.4 Å². The summed E-state index contributed by atoms with van der Waals surface area (Å²) in [5, 5.41) is 54.3. The maximum absolute atomic E-state index is 9.31. The average molecular weight is 210 g/mol. The largest absolute Gasteiger partial charge is 0.394 e. The van der Waals surface area contributed by atoms with E-state index in [9.17, 15) is 10.2 Å². The van der Waals surface area contributed by atoms with E-state index in [-0.39, 0.29) is 0 Å². The quantitative estimate of drug-likeness (QED) is 0.275. The Morgan fingerprint density at radius 1 is 1.00 bits per heavy atom. The monoisotopic (exact) mass is 210 g/mol. The lowest BCUT2D eigenvalue weighted by atomic mass is 9.96. The molecule has 0 radical (unpaired) electrons. The third kappa shape index (κ3) is 2.04. The van der Waals surface area contributed by atoms with Crippen molar-refractivity contribution in [1.82, 2.24) is 0 Å². The van der Waals surface area contributed by atoms with Crippen LogP contribution in [0.4, 0.5) is 0 Å². The van der Waals surface area contributed by atoms with Gasteiger partial charge in [-0.3, -0.25) is 0 Å². The molecule has 0 amide bonds. The van der Waals surface area contributed by atoms with Crippen molar-refractivity contribution in [2.45, 2.75) is 36.8 Å². The molecule has 1 rings (SSSR count). The van der Waals surface area contributed by atoms with Crippen molar-refractivity contribution in [2.24, 2.45) is 0 Å². The Balaban J connectivity index is 2.70. The molecule has 1 heterocycles. The van der Waals surface area contributed by atoms with Gasteiger partial charge in [0.05, 0.1) is 6.61 Å². The van der Waals surface area contributed by atoms with Crippen LogP contribution in [0.1, 0.15) is 0 Å². The van der Waals surface area contributed by atoms with E-state index in [1.54, 1.807) is 0 Å². The number of aliphatic hydroxyl groups excluding tert-OH is 6. The summed E-state index contributed by atoms with van der Waals surface area (Å²) in [5.41, 5.74) is 0. The van der Waals surface area contributed by atoms with Gasteiger partial charge in [0.2, 0.25) is 0 Å². The fourth-order valence-corrected chi connectivity index (χ4v) is 1.31. The summed E-state index contributed by atoms with van der Waals surface area (Å²) in [6, 6.07) is 0. The Morgan fingerprint density at radius 2 is 1.57 bits per heavy atom. The normalized spacial score (nSPS) is 46.3. The zero-order chi connectivity index (χ0) is 10.9. The number of rotatable bonds is 2. The van der Waals surface area contributed by atoms with E-state index >= 15 is 0 Å². The third-order valence-electron chi connectivity index (χ3n) is 2.19. The van der Waals surface area contributed by atoms with E-state index in [1.165, 1.54) is 0 Å². The van der Waals surface area contributed by atoms with Crippen LogP contribution >= 0.6 is 0 Å². The molecule has 0 aromatic heterocycles. The molecule has 0 bridgehead atoms. The van der Waals surface area contributed by atoms with Crippen molar-refractivity contribution in [1.29, 1.82) is 0 Å². The van der Waals surface area contributed by atoms with E-state index in [4.69, 9.17) is 20.4 Å². The SMILES string of the molecule is OC[C@@H](O)C1O[C@@H](O)C(O)[C@@H](O)[C@@H]1O. The molecule has 0 aromatic rings. The van der Waals surface area contributed by atoms with Gasteiger partial charge in [-0.2, -0.15) is 0 Å². The van der Waals surface area contributed by atoms with E-state index < -0.39 is 43.4 Å². The van der Waals surface area contributed by atoms with Crippen molar-refractivity contribution in [3.05, 3.63) is 0 Å². The minimum atomic E-state index is -1.69. The van der Waals surface area contributed by atoms with Gasteiger partial charge in [0.25, 0.3) is 0 Å². The second-order valence-corrected chi connectivity index (χ2v) is 3.21. The topological polar surface area (TPSA) is 131 Å². The lowest BCUT2D eigenvalue weighted by molar-refractivity contribution is -0.298. The zero-order valence-corrected chi connectivity index (χ0v) is 7.26. The maximum Gasteiger partial charge on any atom is 0.184 e. The van der Waals surface area contributed by atoms with E-state index in [1.807, 2.05) is 0 Å². The smallest absolute Gasteiger partial charge is 0.184 e. The van der Waals surface area contributed by atoms with E-state index in [0.717, 1.165) is 0 Å². The van der Waals surface area contributed by atoms with Gasteiger partial charge in [0, 0.05) is 0 Å². The summed E-state index contributed by atoms with van der Waals surface area (Å²) in [6.07, 6.45) is -9.26. The van der Waals surface area contributed by atoms with Crippen molar-refractivity contribution in [3.8, 4) is 0 Å². The molecule has 2 unspecified atom stereocenters. The van der Waals surface area contributed by atoms with Crippen LogP contribution in [0.25, 0.3) is 0 Å². The molecular formula is C7H14O7. The summed E-state index contributed by atoms with van der Waals surface area (Å²) < 4.78 is 4.62. The van der Waals surface area contributed by atoms with Crippen LogP contribution in [0.3, 0.4) is 0 Å². The van der Waals surface area contributed by atoms with Crippen LogP contribution in [0, 0.1) is 0 Å². The van der Waals surface area contributed by atoms with Gasteiger partial charge in [-0.15, -0.1) is 0 Å². The minimum absolute atomic E-state index is 0.683. The van der Waals surface area contributed by atoms with Crippen molar-refractivity contribution in [3.63, 3.8) is 0 Å². The Bertz CT molecular complexity index is 187. The molecule has 1 aliphatic heterocycles. The molecule has 0 aromatic carbocycles. The van der Waals surface area contributed by atoms with E-state index in [2.05, 4.69) is 4.74 Å². The molecule has 7 heteroatoms. The first-order valence-electron chi connectivity index (χ1n) is 4.15. The van der Waals surface area contributed by atoms with Crippen LogP contribution in [0.2, 0.25) is 0 Å². The highest BCUT2D eigenvalue weighted by Gasteiger charge is 2.45. The van der Waals surface area contributed by atoms with Crippen LogP contribution in [-0.4, -0.2) is 74.1 Å². The molecule has 1 fully saturated rings. The predicted molar refractivity (Wildman–Crippen MR) is 42.0 cm³/mol.